The first-order valence-electron chi connectivity index (χ1n) is 6.60. The Morgan fingerprint density at radius 1 is 1.29 bits per heavy atom. The lowest BCUT2D eigenvalue weighted by Crippen LogP contribution is -2.37. The zero-order chi connectivity index (χ0) is 15.7. The number of anilines is 1. The van der Waals surface area contributed by atoms with Crippen LogP contribution >= 0.6 is 0 Å². The average Bonchev–Trinajstić information content (AvgIpc) is 2.48. The molecular formula is C15H17FN4O. The third kappa shape index (κ3) is 5.50. The second-order valence-electron chi connectivity index (χ2n) is 4.51. The molecule has 6 heteroatoms. The lowest BCUT2D eigenvalue weighted by Gasteiger charge is -2.21. The number of benzene rings is 1. The molecule has 1 amide bonds. The molecule has 1 N–H and O–H groups in total. The molecule has 1 aromatic rings. The number of hydrogen-bond acceptors (Lipinski definition) is 4. The number of nitriles is 2. The highest BCUT2D eigenvalue weighted by molar-refractivity contribution is 5.81. The van der Waals surface area contributed by atoms with Crippen molar-refractivity contribution in [2.45, 2.75) is 19.8 Å². The molecule has 0 spiro atoms. The van der Waals surface area contributed by atoms with Gasteiger partial charge in [-0.15, -0.1) is 0 Å². The van der Waals surface area contributed by atoms with Gasteiger partial charge in [-0.05, 0) is 24.6 Å². The summed E-state index contributed by atoms with van der Waals surface area (Å²) in [5, 5.41) is 20.1. The normalized spacial score (nSPS) is 9.52. The summed E-state index contributed by atoms with van der Waals surface area (Å²) in [6.45, 7) is 2.40. The summed E-state index contributed by atoms with van der Waals surface area (Å²) in [5.74, 6) is -0.592. The summed E-state index contributed by atoms with van der Waals surface area (Å²) in [6.07, 6.45) is 0.437. The van der Waals surface area contributed by atoms with Crippen molar-refractivity contribution in [2.75, 3.05) is 25.0 Å². The minimum atomic E-state index is -0.374. The Kier molecular flexibility index (Phi) is 6.70. The third-order valence-corrected chi connectivity index (χ3v) is 2.97. The van der Waals surface area contributed by atoms with E-state index in [2.05, 4.69) is 5.32 Å². The molecular weight excluding hydrogens is 271 g/mol. The van der Waals surface area contributed by atoms with E-state index in [1.165, 1.54) is 17.0 Å². The van der Waals surface area contributed by atoms with Gasteiger partial charge in [-0.1, -0.05) is 6.07 Å². The van der Waals surface area contributed by atoms with Gasteiger partial charge in [0.15, 0.2) is 0 Å². The fourth-order valence-electron chi connectivity index (χ4n) is 1.80. The summed E-state index contributed by atoms with van der Waals surface area (Å²) < 4.78 is 13.2. The topological polar surface area (TPSA) is 79.9 Å². The lowest BCUT2D eigenvalue weighted by atomic mass is 10.2. The van der Waals surface area contributed by atoms with Gasteiger partial charge in [-0.3, -0.25) is 4.79 Å². The Bertz CT molecular complexity index is 556. The Hall–Kier alpha value is -2.60. The van der Waals surface area contributed by atoms with Gasteiger partial charge in [0.05, 0.1) is 31.5 Å². The number of rotatable bonds is 7. The van der Waals surface area contributed by atoms with Crippen LogP contribution in [0.1, 0.15) is 18.4 Å². The molecule has 1 rings (SSSR count). The van der Waals surface area contributed by atoms with E-state index in [9.17, 15) is 9.18 Å². The summed E-state index contributed by atoms with van der Waals surface area (Å²) >= 11 is 0. The summed E-state index contributed by atoms with van der Waals surface area (Å²) in [6, 6.07) is 8.26. The Labute approximate surface area is 123 Å². The summed E-state index contributed by atoms with van der Waals surface area (Å²) in [7, 11) is 0. The number of aryl methyl sites for hydroxylation is 1. The molecule has 0 atom stereocenters. The standard InChI is InChI=1S/C15H17FN4O/c1-12-4-5-13(16)10-14(12)19-11-15(21)20(8-2-6-17)9-3-7-18/h4-5,10,19H,2-3,8-9,11H2,1H3. The van der Waals surface area contributed by atoms with Crippen LogP contribution < -0.4 is 5.32 Å². The maximum Gasteiger partial charge on any atom is 0.241 e. The molecule has 5 nitrogen and oxygen atoms in total. The van der Waals surface area contributed by atoms with E-state index >= 15 is 0 Å². The number of carbonyl (C=O) groups excluding carboxylic acids is 1. The van der Waals surface area contributed by atoms with Crippen LogP contribution in [0.2, 0.25) is 0 Å². The highest BCUT2D eigenvalue weighted by Gasteiger charge is 2.13. The van der Waals surface area contributed by atoms with Crippen LogP contribution in [-0.4, -0.2) is 30.4 Å². The molecule has 0 aliphatic rings. The van der Waals surface area contributed by atoms with Crippen LogP contribution in [0.15, 0.2) is 18.2 Å². The molecule has 0 saturated heterocycles. The predicted molar refractivity (Wildman–Crippen MR) is 76.7 cm³/mol. The van der Waals surface area contributed by atoms with Crippen LogP contribution in [0.5, 0.6) is 0 Å². The molecule has 0 saturated carbocycles. The van der Waals surface area contributed by atoms with E-state index in [0.29, 0.717) is 18.8 Å². The molecule has 21 heavy (non-hydrogen) atoms. The largest absolute Gasteiger partial charge is 0.376 e. The van der Waals surface area contributed by atoms with Crippen molar-refractivity contribution < 1.29 is 9.18 Å². The highest BCUT2D eigenvalue weighted by atomic mass is 19.1. The van der Waals surface area contributed by atoms with Crippen molar-refractivity contribution in [1.29, 1.82) is 10.5 Å². The molecule has 0 bridgehead atoms. The van der Waals surface area contributed by atoms with E-state index in [0.717, 1.165) is 5.56 Å². The predicted octanol–water partition coefficient (Wildman–Crippen LogP) is 2.20. The molecule has 0 unspecified atom stereocenters. The van der Waals surface area contributed by atoms with Gasteiger partial charge < -0.3 is 10.2 Å². The van der Waals surface area contributed by atoms with Crippen LogP contribution in [0.25, 0.3) is 0 Å². The SMILES string of the molecule is Cc1ccc(F)cc1NCC(=O)N(CCC#N)CCC#N. The molecule has 0 aliphatic heterocycles. The highest BCUT2D eigenvalue weighted by Crippen LogP contribution is 2.15. The molecule has 0 radical (unpaired) electrons. The van der Waals surface area contributed by atoms with Crippen LogP contribution in [0.3, 0.4) is 0 Å². The van der Waals surface area contributed by atoms with Gasteiger partial charge in [0, 0.05) is 18.8 Å². The van der Waals surface area contributed by atoms with Crippen LogP contribution in [0.4, 0.5) is 10.1 Å². The van der Waals surface area contributed by atoms with Gasteiger partial charge in [-0.25, -0.2) is 4.39 Å². The quantitative estimate of drug-likeness (QED) is 0.834. The molecule has 0 aromatic heterocycles. The third-order valence-electron chi connectivity index (χ3n) is 2.97. The minimum Gasteiger partial charge on any atom is -0.376 e. The summed E-state index contributed by atoms with van der Waals surface area (Å²) in [4.78, 5) is 13.5. The zero-order valence-electron chi connectivity index (χ0n) is 11.9. The van der Waals surface area contributed by atoms with Crippen molar-refractivity contribution in [3.8, 4) is 12.1 Å². The molecule has 0 fully saturated rings. The number of nitrogens with zero attached hydrogens (tertiary/aromatic N) is 3. The average molecular weight is 288 g/mol. The van der Waals surface area contributed by atoms with Gasteiger partial charge in [0.2, 0.25) is 5.91 Å². The van der Waals surface area contributed by atoms with Gasteiger partial charge in [0.1, 0.15) is 5.82 Å². The first kappa shape index (κ1) is 16.5. The Morgan fingerprint density at radius 2 is 1.90 bits per heavy atom. The maximum atomic E-state index is 13.2. The monoisotopic (exact) mass is 288 g/mol. The van der Waals surface area contributed by atoms with Crippen molar-refractivity contribution in [3.63, 3.8) is 0 Å². The zero-order valence-corrected chi connectivity index (χ0v) is 11.9. The van der Waals surface area contributed by atoms with Gasteiger partial charge in [-0.2, -0.15) is 10.5 Å². The van der Waals surface area contributed by atoms with Crippen molar-refractivity contribution in [1.82, 2.24) is 4.90 Å². The molecule has 1 aromatic carbocycles. The lowest BCUT2D eigenvalue weighted by molar-refractivity contribution is -0.129. The van der Waals surface area contributed by atoms with Crippen LogP contribution in [-0.2, 0) is 4.79 Å². The smallest absolute Gasteiger partial charge is 0.241 e. The van der Waals surface area contributed by atoms with Crippen LogP contribution in [0, 0.1) is 35.4 Å². The number of nitrogens with one attached hydrogen (secondary N) is 1. The van der Waals surface area contributed by atoms with E-state index in [4.69, 9.17) is 10.5 Å². The number of halogens is 1. The molecule has 0 aliphatic carbocycles. The van der Waals surface area contributed by atoms with Crippen molar-refractivity contribution in [3.05, 3.63) is 29.6 Å². The first-order chi connectivity index (χ1) is 10.1. The van der Waals surface area contributed by atoms with Gasteiger partial charge in [0.25, 0.3) is 0 Å². The van der Waals surface area contributed by atoms with Crippen molar-refractivity contribution >= 4 is 11.6 Å². The van der Waals surface area contributed by atoms with E-state index < -0.39 is 0 Å². The molecule has 110 valence electrons. The first-order valence-corrected chi connectivity index (χ1v) is 6.60. The van der Waals surface area contributed by atoms with E-state index in [-0.39, 0.29) is 31.1 Å². The maximum absolute atomic E-state index is 13.2. The number of amides is 1. The fourth-order valence-corrected chi connectivity index (χ4v) is 1.80. The molecule has 0 heterocycles. The summed E-state index contributed by atoms with van der Waals surface area (Å²) in [5.41, 5.74) is 1.40. The van der Waals surface area contributed by atoms with Crippen molar-refractivity contribution in [2.24, 2.45) is 0 Å². The number of carbonyl (C=O) groups is 1. The van der Waals surface area contributed by atoms with E-state index in [1.807, 2.05) is 19.1 Å². The van der Waals surface area contributed by atoms with E-state index in [1.54, 1.807) is 6.07 Å². The Balaban J connectivity index is 2.62. The fraction of sp³-hybridized carbons (Fsp3) is 0.400. The number of hydrogen-bond donors (Lipinski definition) is 1. The second kappa shape index (κ2) is 8.55. The minimum absolute atomic E-state index is 0.00114. The van der Waals surface area contributed by atoms with Gasteiger partial charge >= 0.3 is 0 Å². The Morgan fingerprint density at radius 3 is 2.48 bits per heavy atom. The second-order valence-corrected chi connectivity index (χ2v) is 4.51.